The number of carbonyl (C=O) groups excluding carboxylic acids is 1. The van der Waals surface area contributed by atoms with Crippen LogP contribution in [-0.2, 0) is 23.9 Å². The Kier molecular flexibility index (Phi) is 3.42. The molecule has 3 rings (SSSR count). The number of aryl methyl sites for hydroxylation is 1. The van der Waals surface area contributed by atoms with Gasteiger partial charge in [0.25, 0.3) is 0 Å². The van der Waals surface area contributed by atoms with Gasteiger partial charge in [-0.2, -0.15) is 5.10 Å². The van der Waals surface area contributed by atoms with Gasteiger partial charge in [0.2, 0.25) is 5.91 Å². The zero-order chi connectivity index (χ0) is 14.9. The molecule has 1 unspecified atom stereocenters. The second kappa shape index (κ2) is 5.25. The summed E-state index contributed by atoms with van der Waals surface area (Å²) < 4.78 is 1.75. The van der Waals surface area contributed by atoms with Gasteiger partial charge in [-0.05, 0) is 18.9 Å². The molecule has 0 spiro atoms. The monoisotopic (exact) mass is 286 g/mol. The lowest BCUT2D eigenvalue weighted by molar-refractivity contribution is -0.129. The minimum Gasteiger partial charge on any atom is -0.368 e. The van der Waals surface area contributed by atoms with Crippen molar-refractivity contribution < 1.29 is 4.79 Å². The molecule has 0 saturated carbocycles. The third kappa shape index (κ3) is 2.29. The van der Waals surface area contributed by atoms with Gasteiger partial charge in [0, 0.05) is 38.7 Å². The fourth-order valence-electron chi connectivity index (χ4n) is 3.04. The molecule has 2 N–H and O–H groups in total. The lowest BCUT2D eigenvalue weighted by atomic mass is 9.91. The maximum atomic E-state index is 12.2. The summed E-state index contributed by atoms with van der Waals surface area (Å²) in [6.07, 6.45) is 8.26. The van der Waals surface area contributed by atoms with Gasteiger partial charge in [-0.15, -0.1) is 0 Å². The van der Waals surface area contributed by atoms with Gasteiger partial charge in [0.15, 0.2) is 0 Å². The zero-order valence-electron chi connectivity index (χ0n) is 11.9. The second-order valence-electron chi connectivity index (χ2n) is 5.32. The molecule has 0 aliphatic carbocycles. The van der Waals surface area contributed by atoms with Gasteiger partial charge < -0.3 is 5.73 Å². The van der Waals surface area contributed by atoms with Crippen molar-refractivity contribution in [2.24, 2.45) is 12.8 Å². The molecule has 1 aliphatic rings. The van der Waals surface area contributed by atoms with Crippen LogP contribution in [0.4, 0.5) is 0 Å². The lowest BCUT2D eigenvalue weighted by Gasteiger charge is -2.34. The van der Waals surface area contributed by atoms with Crippen LogP contribution in [0, 0.1) is 0 Å². The first-order chi connectivity index (χ1) is 10.1. The molecule has 21 heavy (non-hydrogen) atoms. The Balaban J connectivity index is 1.97. The van der Waals surface area contributed by atoms with Gasteiger partial charge in [-0.3, -0.25) is 24.3 Å². The van der Waals surface area contributed by atoms with E-state index in [1.165, 1.54) is 0 Å². The van der Waals surface area contributed by atoms with Crippen LogP contribution in [0.2, 0.25) is 0 Å². The van der Waals surface area contributed by atoms with E-state index < -0.39 is 5.54 Å². The topological polar surface area (TPSA) is 89.9 Å². The first kappa shape index (κ1) is 13.7. The van der Waals surface area contributed by atoms with Gasteiger partial charge in [-0.1, -0.05) is 0 Å². The van der Waals surface area contributed by atoms with E-state index in [9.17, 15) is 4.79 Å². The number of nitrogens with zero attached hydrogens (tertiary/aromatic N) is 5. The smallest absolute Gasteiger partial charge is 0.244 e. The summed E-state index contributed by atoms with van der Waals surface area (Å²) in [6.45, 7) is 1.36. The quantitative estimate of drug-likeness (QED) is 0.866. The standard InChI is InChI=1S/C14H18N6O/c1-19-8-3-11(18-19)10-20-7-2-4-14(20,13(15)21)12-9-16-5-6-17-12/h3,5-6,8-9H,2,4,7,10H2,1H3,(H2,15,21). The number of rotatable bonds is 4. The zero-order valence-corrected chi connectivity index (χ0v) is 11.9. The van der Waals surface area contributed by atoms with Crippen LogP contribution in [0.3, 0.4) is 0 Å². The maximum Gasteiger partial charge on any atom is 0.244 e. The largest absolute Gasteiger partial charge is 0.368 e. The molecule has 2 aromatic rings. The molecule has 0 aromatic carbocycles. The van der Waals surface area contributed by atoms with Gasteiger partial charge in [0.05, 0.1) is 17.6 Å². The highest BCUT2D eigenvalue weighted by Crippen LogP contribution is 2.38. The number of aromatic nitrogens is 4. The summed E-state index contributed by atoms with van der Waals surface area (Å²) in [5, 5.41) is 4.38. The van der Waals surface area contributed by atoms with Crippen LogP contribution in [0.15, 0.2) is 30.9 Å². The fraction of sp³-hybridized carbons (Fsp3) is 0.429. The molecule has 7 heteroatoms. The van der Waals surface area contributed by atoms with Crippen molar-refractivity contribution >= 4 is 5.91 Å². The summed E-state index contributed by atoms with van der Waals surface area (Å²) in [5.74, 6) is -0.378. The first-order valence-electron chi connectivity index (χ1n) is 6.93. The average Bonchev–Trinajstić information content (AvgIpc) is 3.07. The summed E-state index contributed by atoms with van der Waals surface area (Å²) in [7, 11) is 1.87. The number of amides is 1. The van der Waals surface area contributed by atoms with E-state index in [2.05, 4.69) is 20.0 Å². The fourth-order valence-corrected chi connectivity index (χ4v) is 3.04. The van der Waals surface area contributed by atoms with E-state index in [1.54, 1.807) is 23.3 Å². The van der Waals surface area contributed by atoms with Crippen LogP contribution in [-0.4, -0.2) is 37.1 Å². The highest BCUT2D eigenvalue weighted by Gasteiger charge is 2.49. The molecular weight excluding hydrogens is 268 g/mol. The number of likely N-dealkylation sites (tertiary alicyclic amines) is 1. The lowest BCUT2D eigenvalue weighted by Crippen LogP contribution is -2.51. The van der Waals surface area contributed by atoms with Crippen LogP contribution in [0.5, 0.6) is 0 Å². The highest BCUT2D eigenvalue weighted by atomic mass is 16.1. The molecule has 1 fully saturated rings. The molecule has 110 valence electrons. The summed E-state index contributed by atoms with van der Waals surface area (Å²) >= 11 is 0. The number of hydrogen-bond donors (Lipinski definition) is 1. The Hall–Kier alpha value is -2.28. The highest BCUT2D eigenvalue weighted by molar-refractivity contribution is 5.86. The van der Waals surface area contributed by atoms with Crippen molar-refractivity contribution in [3.63, 3.8) is 0 Å². The van der Waals surface area contributed by atoms with Crippen LogP contribution in [0.25, 0.3) is 0 Å². The van der Waals surface area contributed by atoms with Crippen LogP contribution < -0.4 is 5.73 Å². The van der Waals surface area contributed by atoms with Crippen LogP contribution in [0.1, 0.15) is 24.2 Å². The summed E-state index contributed by atoms with van der Waals surface area (Å²) in [5.41, 5.74) is 6.38. The molecule has 1 saturated heterocycles. The van der Waals surface area contributed by atoms with Gasteiger partial charge >= 0.3 is 0 Å². The van der Waals surface area contributed by atoms with E-state index in [1.807, 2.05) is 19.3 Å². The maximum absolute atomic E-state index is 12.2. The van der Waals surface area contributed by atoms with Crippen molar-refractivity contribution in [2.45, 2.75) is 24.9 Å². The number of primary amides is 1. The molecule has 1 amide bonds. The molecule has 0 radical (unpaired) electrons. The molecule has 0 bridgehead atoms. The average molecular weight is 286 g/mol. The van der Waals surface area contributed by atoms with Crippen molar-refractivity contribution in [3.8, 4) is 0 Å². The van der Waals surface area contributed by atoms with Crippen molar-refractivity contribution in [3.05, 3.63) is 42.2 Å². The van der Waals surface area contributed by atoms with E-state index in [4.69, 9.17) is 5.73 Å². The Morgan fingerprint density at radius 3 is 2.95 bits per heavy atom. The predicted molar refractivity (Wildman–Crippen MR) is 75.8 cm³/mol. The van der Waals surface area contributed by atoms with Crippen LogP contribution >= 0.6 is 0 Å². The molecule has 2 aromatic heterocycles. The van der Waals surface area contributed by atoms with E-state index in [-0.39, 0.29) is 5.91 Å². The molecule has 3 heterocycles. The third-order valence-electron chi connectivity index (χ3n) is 4.02. The summed E-state index contributed by atoms with van der Waals surface area (Å²) in [6, 6.07) is 1.95. The Bertz CT molecular complexity index is 640. The molecular formula is C14H18N6O. The van der Waals surface area contributed by atoms with E-state index in [0.717, 1.165) is 18.7 Å². The first-order valence-corrected chi connectivity index (χ1v) is 6.93. The molecule has 1 atom stereocenters. The van der Waals surface area contributed by atoms with Gasteiger partial charge in [-0.25, -0.2) is 0 Å². The Morgan fingerprint density at radius 1 is 1.48 bits per heavy atom. The van der Waals surface area contributed by atoms with Crippen molar-refractivity contribution in [1.29, 1.82) is 0 Å². The number of nitrogens with two attached hydrogens (primary N) is 1. The van der Waals surface area contributed by atoms with E-state index >= 15 is 0 Å². The van der Waals surface area contributed by atoms with E-state index in [0.29, 0.717) is 18.7 Å². The number of carbonyl (C=O) groups is 1. The normalized spacial score (nSPS) is 22.5. The molecule has 1 aliphatic heterocycles. The summed E-state index contributed by atoms with van der Waals surface area (Å²) in [4.78, 5) is 22.7. The molecule has 7 nitrogen and oxygen atoms in total. The van der Waals surface area contributed by atoms with Crippen molar-refractivity contribution in [2.75, 3.05) is 6.54 Å². The van der Waals surface area contributed by atoms with Gasteiger partial charge in [0.1, 0.15) is 5.54 Å². The number of hydrogen-bond acceptors (Lipinski definition) is 5. The second-order valence-corrected chi connectivity index (χ2v) is 5.32. The minimum absolute atomic E-state index is 0.378. The Labute approximate surface area is 122 Å². The Morgan fingerprint density at radius 2 is 2.33 bits per heavy atom. The van der Waals surface area contributed by atoms with Crippen molar-refractivity contribution in [1.82, 2.24) is 24.6 Å². The minimum atomic E-state index is -0.883. The predicted octanol–water partition coefficient (Wildman–Crippen LogP) is 0.187. The third-order valence-corrected chi connectivity index (χ3v) is 4.02. The SMILES string of the molecule is Cn1ccc(CN2CCCC2(C(N)=O)c2cnccn2)n1.